The molecule has 1 aromatic heterocycles. The number of nitrogens with zero attached hydrogens (tertiary/aromatic N) is 4. The lowest BCUT2D eigenvalue weighted by Crippen LogP contribution is -2.41. The van der Waals surface area contributed by atoms with Crippen LogP contribution in [0.1, 0.15) is 46.6 Å². The van der Waals surface area contributed by atoms with Crippen molar-refractivity contribution in [2.45, 2.75) is 51.2 Å². The van der Waals surface area contributed by atoms with Crippen LogP contribution in [0.3, 0.4) is 0 Å². The number of alkyl halides is 1. The molecule has 1 aromatic carbocycles. The van der Waals surface area contributed by atoms with Gasteiger partial charge < -0.3 is 14.2 Å². The Bertz CT molecular complexity index is 837. The molecule has 0 spiro atoms. The predicted octanol–water partition coefficient (Wildman–Crippen LogP) is 2.95. The molecule has 144 valence electrons. The zero-order chi connectivity index (χ0) is 19.0. The van der Waals surface area contributed by atoms with Crippen molar-refractivity contribution in [2.75, 3.05) is 25.0 Å². The normalized spacial score (nSPS) is 22.0. The van der Waals surface area contributed by atoms with Gasteiger partial charge in [-0.05, 0) is 42.9 Å². The molecule has 0 saturated carbocycles. The molecule has 1 aliphatic carbocycles. The third kappa shape index (κ3) is 3.55. The van der Waals surface area contributed by atoms with Crippen LogP contribution >= 0.6 is 0 Å². The van der Waals surface area contributed by atoms with Gasteiger partial charge in [0.05, 0.1) is 12.6 Å². The third-order valence-corrected chi connectivity index (χ3v) is 5.58. The number of aryl methyl sites for hydroxylation is 2. The first-order valence-corrected chi connectivity index (χ1v) is 9.60. The van der Waals surface area contributed by atoms with E-state index in [1.54, 1.807) is 23.8 Å². The fourth-order valence-corrected chi connectivity index (χ4v) is 4.26. The zero-order valence-corrected chi connectivity index (χ0v) is 15.8. The summed E-state index contributed by atoms with van der Waals surface area (Å²) in [6, 6.07) is 6.15. The van der Waals surface area contributed by atoms with Crippen molar-refractivity contribution in [3.05, 3.63) is 40.8 Å². The molecule has 0 unspecified atom stereocenters. The topological polar surface area (TPSA) is 62.5 Å². The average molecular weight is 372 g/mol. The molecule has 2 aromatic rings. The second-order valence-electron chi connectivity index (χ2n) is 7.58. The number of halogens is 1. The van der Waals surface area contributed by atoms with E-state index in [9.17, 15) is 9.18 Å². The maximum Gasteiger partial charge on any atom is 0.318 e. The summed E-state index contributed by atoms with van der Waals surface area (Å²) in [7, 11) is 1.79. The molecule has 0 radical (unpaired) electrons. The number of anilines is 1. The Morgan fingerprint density at radius 1 is 1.33 bits per heavy atom. The Balaban J connectivity index is 1.51. The molecule has 2 atom stereocenters. The van der Waals surface area contributed by atoms with Crippen molar-refractivity contribution in [1.82, 2.24) is 15.1 Å². The summed E-state index contributed by atoms with van der Waals surface area (Å²) in [5, 5.41) is 7.86. The zero-order valence-electron chi connectivity index (χ0n) is 15.8. The van der Waals surface area contributed by atoms with Crippen molar-refractivity contribution in [1.29, 1.82) is 0 Å². The van der Waals surface area contributed by atoms with Gasteiger partial charge in [0.15, 0.2) is 0 Å². The minimum absolute atomic E-state index is 0.00211. The minimum Gasteiger partial charge on any atom is -0.408 e. The summed E-state index contributed by atoms with van der Waals surface area (Å²) in [6.07, 6.45) is 3.68. The SMILES string of the molecule is Cc1nnc(N2C[C@@H](F)C[C@H]2CN(C)C(=O)c2cccc3c2CCCC3)o1. The molecule has 0 bridgehead atoms. The predicted molar refractivity (Wildman–Crippen MR) is 99.7 cm³/mol. The van der Waals surface area contributed by atoms with E-state index in [0.29, 0.717) is 24.9 Å². The average Bonchev–Trinajstić information content (AvgIpc) is 3.25. The smallest absolute Gasteiger partial charge is 0.318 e. The molecular weight excluding hydrogens is 347 g/mol. The number of aromatic nitrogens is 2. The fourth-order valence-electron chi connectivity index (χ4n) is 4.26. The molecule has 27 heavy (non-hydrogen) atoms. The van der Waals surface area contributed by atoms with Gasteiger partial charge in [-0.2, -0.15) is 0 Å². The molecule has 1 saturated heterocycles. The van der Waals surface area contributed by atoms with Gasteiger partial charge in [-0.15, -0.1) is 5.10 Å². The molecule has 7 heteroatoms. The molecule has 1 aliphatic heterocycles. The maximum absolute atomic E-state index is 14.1. The number of likely N-dealkylation sites (N-methyl/N-ethyl adjacent to an activating group) is 1. The highest BCUT2D eigenvalue weighted by Gasteiger charge is 2.36. The van der Waals surface area contributed by atoms with Crippen molar-refractivity contribution in [3.63, 3.8) is 0 Å². The van der Waals surface area contributed by atoms with Crippen LogP contribution in [0.25, 0.3) is 0 Å². The number of amides is 1. The first kappa shape index (κ1) is 17.9. The molecule has 2 aliphatic rings. The third-order valence-electron chi connectivity index (χ3n) is 5.58. The highest BCUT2D eigenvalue weighted by atomic mass is 19.1. The van der Waals surface area contributed by atoms with Crippen LogP contribution < -0.4 is 4.90 Å². The summed E-state index contributed by atoms with van der Waals surface area (Å²) in [6.45, 7) is 2.35. The van der Waals surface area contributed by atoms with E-state index in [0.717, 1.165) is 24.8 Å². The summed E-state index contributed by atoms with van der Waals surface area (Å²) >= 11 is 0. The van der Waals surface area contributed by atoms with Crippen molar-refractivity contribution in [2.24, 2.45) is 0 Å². The Labute approximate surface area is 158 Å². The molecule has 1 fully saturated rings. The Kier molecular flexibility index (Phi) is 4.85. The first-order valence-electron chi connectivity index (χ1n) is 9.60. The van der Waals surface area contributed by atoms with Crippen LogP contribution in [-0.2, 0) is 12.8 Å². The first-order chi connectivity index (χ1) is 13.0. The molecule has 6 nitrogen and oxygen atoms in total. The number of fused-ring (bicyclic) bond motifs is 1. The Morgan fingerprint density at radius 2 is 2.15 bits per heavy atom. The standard InChI is InChI=1S/C20H25FN4O2/c1-13-22-23-20(27-13)25-11-15(21)10-16(25)12-24(2)19(26)18-9-5-7-14-6-3-4-8-17(14)18/h5,7,9,15-16H,3-4,6,8,10-12H2,1-2H3/t15-,16-/m0/s1. The Hall–Kier alpha value is -2.44. The minimum atomic E-state index is -0.963. The van der Waals surface area contributed by atoms with Gasteiger partial charge in [0.2, 0.25) is 5.89 Å². The number of hydrogen-bond donors (Lipinski definition) is 0. The lowest BCUT2D eigenvalue weighted by Gasteiger charge is -2.28. The van der Waals surface area contributed by atoms with Crippen molar-refractivity contribution < 1.29 is 13.6 Å². The van der Waals surface area contributed by atoms with E-state index >= 15 is 0 Å². The largest absolute Gasteiger partial charge is 0.408 e. The quantitative estimate of drug-likeness (QED) is 0.826. The number of benzene rings is 1. The lowest BCUT2D eigenvalue weighted by molar-refractivity contribution is 0.0784. The van der Waals surface area contributed by atoms with Crippen LogP contribution in [0.2, 0.25) is 0 Å². The monoisotopic (exact) mass is 372 g/mol. The van der Waals surface area contributed by atoms with Crippen LogP contribution in [0, 0.1) is 6.92 Å². The summed E-state index contributed by atoms with van der Waals surface area (Å²) in [5.41, 5.74) is 3.25. The molecule has 2 heterocycles. The lowest BCUT2D eigenvalue weighted by atomic mass is 9.88. The van der Waals surface area contributed by atoms with Crippen LogP contribution in [0.4, 0.5) is 10.4 Å². The Morgan fingerprint density at radius 3 is 2.93 bits per heavy atom. The van der Waals surface area contributed by atoms with Crippen LogP contribution in [-0.4, -0.2) is 53.4 Å². The second-order valence-corrected chi connectivity index (χ2v) is 7.58. The van der Waals surface area contributed by atoms with E-state index in [-0.39, 0.29) is 18.5 Å². The van der Waals surface area contributed by atoms with Gasteiger partial charge in [-0.3, -0.25) is 4.79 Å². The summed E-state index contributed by atoms with van der Waals surface area (Å²) < 4.78 is 19.6. The maximum atomic E-state index is 14.1. The van der Waals surface area contributed by atoms with E-state index < -0.39 is 6.17 Å². The van der Waals surface area contributed by atoms with E-state index in [4.69, 9.17) is 4.42 Å². The molecule has 1 amide bonds. The van der Waals surface area contributed by atoms with Gasteiger partial charge >= 0.3 is 6.01 Å². The molecular formula is C20H25FN4O2. The highest BCUT2D eigenvalue weighted by molar-refractivity contribution is 5.96. The summed E-state index contributed by atoms with van der Waals surface area (Å²) in [5.74, 6) is 0.448. The van der Waals surface area contributed by atoms with Crippen molar-refractivity contribution in [3.8, 4) is 0 Å². The van der Waals surface area contributed by atoms with Crippen LogP contribution in [0.15, 0.2) is 22.6 Å². The van der Waals surface area contributed by atoms with E-state index in [1.807, 2.05) is 12.1 Å². The molecule has 0 N–H and O–H groups in total. The fraction of sp³-hybridized carbons (Fsp3) is 0.550. The number of carbonyl (C=O) groups excluding carboxylic acids is 1. The van der Waals surface area contributed by atoms with E-state index in [1.165, 1.54) is 17.5 Å². The van der Waals surface area contributed by atoms with Gasteiger partial charge in [-0.25, -0.2) is 4.39 Å². The number of rotatable bonds is 4. The van der Waals surface area contributed by atoms with Crippen LogP contribution in [0.5, 0.6) is 0 Å². The van der Waals surface area contributed by atoms with Gasteiger partial charge in [0.1, 0.15) is 6.17 Å². The number of carbonyl (C=O) groups is 1. The number of hydrogen-bond acceptors (Lipinski definition) is 5. The van der Waals surface area contributed by atoms with Crippen molar-refractivity contribution >= 4 is 11.9 Å². The second kappa shape index (κ2) is 7.29. The summed E-state index contributed by atoms with van der Waals surface area (Å²) in [4.78, 5) is 16.6. The van der Waals surface area contributed by atoms with E-state index in [2.05, 4.69) is 16.3 Å². The van der Waals surface area contributed by atoms with Gasteiger partial charge in [0, 0.05) is 32.5 Å². The molecule has 4 rings (SSSR count). The van der Waals surface area contributed by atoms with Gasteiger partial charge in [-0.1, -0.05) is 17.2 Å². The van der Waals surface area contributed by atoms with Gasteiger partial charge in [0.25, 0.3) is 5.91 Å². The highest BCUT2D eigenvalue weighted by Crippen LogP contribution is 2.28.